The predicted molar refractivity (Wildman–Crippen MR) is 122 cm³/mol. The summed E-state index contributed by atoms with van der Waals surface area (Å²) in [5.41, 5.74) is 0.905. The Morgan fingerprint density at radius 3 is 2.50 bits per heavy atom. The zero-order chi connectivity index (χ0) is 24.4. The number of carbonyl (C=O) groups is 3. The average molecular weight is 461 g/mol. The van der Waals surface area contributed by atoms with E-state index in [2.05, 4.69) is 5.32 Å². The van der Waals surface area contributed by atoms with Gasteiger partial charge in [0.2, 0.25) is 0 Å². The molecule has 10 heteroatoms. The van der Waals surface area contributed by atoms with E-state index in [0.29, 0.717) is 18.0 Å². The summed E-state index contributed by atoms with van der Waals surface area (Å²) < 4.78 is 11.0. The third-order valence-corrected chi connectivity index (χ3v) is 5.05. The maximum absolute atomic E-state index is 13.0. The zero-order valence-corrected chi connectivity index (χ0v) is 18.2. The summed E-state index contributed by atoms with van der Waals surface area (Å²) in [6, 6.07) is 13.1. The van der Waals surface area contributed by atoms with Gasteiger partial charge in [0, 0.05) is 0 Å². The fraction of sp³-hybridized carbons (Fsp3) is 0.125. The Kier molecular flexibility index (Phi) is 5.96. The molecule has 1 saturated heterocycles. The maximum Gasteiger partial charge on any atom is 0.335 e. The molecule has 0 unspecified atom stereocenters. The number of aryl methyl sites for hydroxylation is 1. The first kappa shape index (κ1) is 22.5. The quantitative estimate of drug-likeness (QED) is 0.251. The fourth-order valence-electron chi connectivity index (χ4n) is 3.43. The standard InChI is InChI=1S/C24H19N3O7/c1-3-33-16-8-10-18(20(13-16)27(31)32)21-11-9-17(34-21)12-19-22(28)25-24(30)26(23(19)29)15-6-4-14(2)5-7-15/h4-13H,3H2,1-2H3,(H,25,28,30). The average Bonchev–Trinajstić information content (AvgIpc) is 3.26. The van der Waals surface area contributed by atoms with E-state index < -0.39 is 22.8 Å². The molecule has 0 radical (unpaired) electrons. The summed E-state index contributed by atoms with van der Waals surface area (Å²) in [6.07, 6.45) is 1.19. The summed E-state index contributed by atoms with van der Waals surface area (Å²) in [7, 11) is 0. The van der Waals surface area contributed by atoms with Gasteiger partial charge in [0.1, 0.15) is 22.8 Å². The molecular formula is C24H19N3O7. The number of amides is 4. The lowest BCUT2D eigenvalue weighted by Gasteiger charge is -2.26. The molecule has 1 aromatic heterocycles. The van der Waals surface area contributed by atoms with Crippen LogP contribution in [0.3, 0.4) is 0 Å². The molecule has 2 aromatic carbocycles. The lowest BCUT2D eigenvalue weighted by molar-refractivity contribution is -0.384. The molecule has 0 bridgehead atoms. The Morgan fingerprint density at radius 2 is 1.82 bits per heavy atom. The highest BCUT2D eigenvalue weighted by Gasteiger charge is 2.37. The number of urea groups is 1. The van der Waals surface area contributed by atoms with Crippen LogP contribution in [0.2, 0.25) is 0 Å². The Bertz CT molecular complexity index is 1340. The lowest BCUT2D eigenvalue weighted by atomic mass is 10.1. The van der Waals surface area contributed by atoms with Crippen molar-refractivity contribution in [3.05, 3.63) is 81.6 Å². The van der Waals surface area contributed by atoms with Crippen LogP contribution >= 0.6 is 0 Å². The van der Waals surface area contributed by atoms with Crippen molar-refractivity contribution in [1.82, 2.24) is 5.32 Å². The van der Waals surface area contributed by atoms with E-state index in [9.17, 15) is 24.5 Å². The number of benzene rings is 2. The van der Waals surface area contributed by atoms with Crippen molar-refractivity contribution >= 4 is 35.3 Å². The van der Waals surface area contributed by atoms with Crippen molar-refractivity contribution in [2.75, 3.05) is 11.5 Å². The van der Waals surface area contributed by atoms with Gasteiger partial charge < -0.3 is 9.15 Å². The van der Waals surface area contributed by atoms with E-state index in [4.69, 9.17) is 9.15 Å². The molecule has 1 aliphatic rings. The monoisotopic (exact) mass is 461 g/mol. The number of nitro groups is 1. The summed E-state index contributed by atoms with van der Waals surface area (Å²) in [4.78, 5) is 49.5. The van der Waals surface area contributed by atoms with Crippen molar-refractivity contribution in [3.63, 3.8) is 0 Å². The Labute approximate surface area is 193 Å². The summed E-state index contributed by atoms with van der Waals surface area (Å²) in [5, 5.41) is 13.7. The first-order valence-corrected chi connectivity index (χ1v) is 10.3. The third-order valence-electron chi connectivity index (χ3n) is 5.05. The number of hydrogen-bond acceptors (Lipinski definition) is 7. The van der Waals surface area contributed by atoms with Crippen LogP contribution in [0.1, 0.15) is 18.2 Å². The van der Waals surface area contributed by atoms with E-state index in [1.54, 1.807) is 37.3 Å². The van der Waals surface area contributed by atoms with Crippen LogP contribution in [0.4, 0.5) is 16.2 Å². The van der Waals surface area contributed by atoms with Gasteiger partial charge in [0.05, 0.1) is 28.8 Å². The molecule has 4 rings (SSSR count). The SMILES string of the molecule is CCOc1ccc(-c2ccc(C=C3C(=O)NC(=O)N(c4ccc(C)cc4)C3=O)o2)c([N+](=O)[O-])c1. The molecule has 1 aliphatic heterocycles. The minimum atomic E-state index is -0.872. The molecule has 4 amide bonds. The number of carbonyl (C=O) groups excluding carboxylic acids is 3. The molecule has 3 aromatic rings. The molecule has 34 heavy (non-hydrogen) atoms. The molecular weight excluding hydrogens is 442 g/mol. The van der Waals surface area contributed by atoms with Crippen LogP contribution in [0.5, 0.6) is 5.75 Å². The number of furan rings is 1. The first-order valence-electron chi connectivity index (χ1n) is 10.3. The first-order chi connectivity index (χ1) is 16.3. The second-order valence-electron chi connectivity index (χ2n) is 7.36. The highest BCUT2D eigenvalue weighted by atomic mass is 16.6. The number of imide groups is 2. The van der Waals surface area contributed by atoms with E-state index >= 15 is 0 Å². The van der Waals surface area contributed by atoms with Crippen molar-refractivity contribution in [3.8, 4) is 17.1 Å². The number of anilines is 1. The van der Waals surface area contributed by atoms with Crippen LogP contribution in [0.15, 0.2) is 64.6 Å². The Balaban J connectivity index is 1.68. The predicted octanol–water partition coefficient (Wildman–Crippen LogP) is 4.23. The molecule has 172 valence electrons. The van der Waals surface area contributed by atoms with Crippen LogP contribution in [-0.4, -0.2) is 29.4 Å². The van der Waals surface area contributed by atoms with Gasteiger partial charge in [-0.15, -0.1) is 0 Å². The van der Waals surface area contributed by atoms with Crippen molar-refractivity contribution < 1.29 is 28.5 Å². The van der Waals surface area contributed by atoms with Gasteiger partial charge in [-0.1, -0.05) is 17.7 Å². The Hall–Kier alpha value is -4.73. The van der Waals surface area contributed by atoms with Crippen molar-refractivity contribution in [1.29, 1.82) is 0 Å². The lowest BCUT2D eigenvalue weighted by Crippen LogP contribution is -2.54. The smallest absolute Gasteiger partial charge is 0.335 e. The normalized spacial score (nSPS) is 14.9. The molecule has 0 spiro atoms. The molecule has 10 nitrogen and oxygen atoms in total. The summed E-state index contributed by atoms with van der Waals surface area (Å²) in [5.74, 6) is -1.07. The van der Waals surface area contributed by atoms with Gasteiger partial charge in [0.15, 0.2) is 0 Å². The molecule has 0 atom stereocenters. The third kappa shape index (κ3) is 4.29. The highest BCUT2D eigenvalue weighted by molar-refractivity contribution is 6.39. The molecule has 2 heterocycles. The number of nitrogens with one attached hydrogen (secondary N) is 1. The Morgan fingerprint density at radius 1 is 1.09 bits per heavy atom. The zero-order valence-electron chi connectivity index (χ0n) is 18.2. The number of rotatable bonds is 6. The molecule has 0 saturated carbocycles. The minimum absolute atomic E-state index is 0.106. The number of nitrogens with zero attached hydrogens (tertiary/aromatic N) is 2. The summed E-state index contributed by atoms with van der Waals surface area (Å²) >= 11 is 0. The number of nitro benzene ring substituents is 1. The topological polar surface area (TPSA) is 132 Å². The summed E-state index contributed by atoms with van der Waals surface area (Å²) in [6.45, 7) is 3.98. The second kappa shape index (κ2) is 9.02. The highest BCUT2D eigenvalue weighted by Crippen LogP contribution is 2.35. The number of barbiturate groups is 1. The van der Waals surface area contributed by atoms with E-state index in [1.807, 2.05) is 6.92 Å². The number of ether oxygens (including phenoxy) is 1. The molecule has 0 aliphatic carbocycles. The van der Waals surface area contributed by atoms with E-state index in [0.717, 1.165) is 10.5 Å². The van der Waals surface area contributed by atoms with Gasteiger partial charge in [-0.25, -0.2) is 9.69 Å². The second-order valence-corrected chi connectivity index (χ2v) is 7.36. The van der Waals surface area contributed by atoms with Gasteiger partial charge >= 0.3 is 6.03 Å². The minimum Gasteiger partial charge on any atom is -0.494 e. The molecule has 1 N–H and O–H groups in total. The maximum atomic E-state index is 13.0. The van der Waals surface area contributed by atoms with Gasteiger partial charge in [-0.2, -0.15) is 0 Å². The van der Waals surface area contributed by atoms with Crippen LogP contribution in [0, 0.1) is 17.0 Å². The van der Waals surface area contributed by atoms with Crippen LogP contribution in [-0.2, 0) is 9.59 Å². The molecule has 1 fully saturated rings. The van der Waals surface area contributed by atoms with Crippen LogP contribution in [0.25, 0.3) is 17.4 Å². The van der Waals surface area contributed by atoms with E-state index in [1.165, 1.54) is 30.3 Å². The number of hydrogen-bond donors (Lipinski definition) is 1. The van der Waals surface area contributed by atoms with Gasteiger partial charge in [0.25, 0.3) is 17.5 Å². The fourth-order valence-corrected chi connectivity index (χ4v) is 3.43. The van der Waals surface area contributed by atoms with Crippen molar-refractivity contribution in [2.45, 2.75) is 13.8 Å². The van der Waals surface area contributed by atoms with E-state index in [-0.39, 0.29) is 28.3 Å². The van der Waals surface area contributed by atoms with Gasteiger partial charge in [-0.05, 0) is 56.3 Å². The van der Waals surface area contributed by atoms with Crippen LogP contribution < -0.4 is 15.0 Å². The van der Waals surface area contributed by atoms with Gasteiger partial charge in [-0.3, -0.25) is 25.0 Å². The largest absolute Gasteiger partial charge is 0.494 e. The van der Waals surface area contributed by atoms with Crippen molar-refractivity contribution in [2.24, 2.45) is 0 Å².